The molecule has 10 aromatic carbocycles. The molecule has 0 atom stereocenters. The van der Waals surface area contributed by atoms with Crippen LogP contribution in [0.25, 0.3) is 91.8 Å². The van der Waals surface area contributed by atoms with E-state index in [-0.39, 0.29) is 0 Å². The fraction of sp³-hybridized carbons (Fsp3) is 0. The Morgan fingerprint density at radius 2 is 0.705 bits per heavy atom. The topological polar surface area (TPSA) is 8.17 Å². The third kappa shape index (κ3) is 5.85. The molecule has 2 aromatic heterocycles. The van der Waals surface area contributed by atoms with Crippen LogP contribution >= 0.6 is 11.3 Å². The van der Waals surface area contributed by atoms with Crippen molar-refractivity contribution in [1.29, 1.82) is 0 Å². The van der Waals surface area contributed by atoms with E-state index in [0.29, 0.717) is 0 Å². The molecular formula is C58H38N2S. The maximum Gasteiger partial charge on any atom is 0.0728 e. The molecule has 0 aliphatic rings. The lowest BCUT2D eigenvalue weighted by Crippen LogP contribution is -2.09. The number of rotatable bonds is 7. The van der Waals surface area contributed by atoms with Crippen LogP contribution < -0.4 is 4.90 Å². The van der Waals surface area contributed by atoms with Crippen molar-refractivity contribution >= 4 is 81.1 Å². The van der Waals surface area contributed by atoms with E-state index in [4.69, 9.17) is 0 Å². The molecular weight excluding hydrogens is 757 g/mol. The Labute approximate surface area is 358 Å². The maximum atomic E-state index is 2.55. The summed E-state index contributed by atoms with van der Waals surface area (Å²) in [6.07, 6.45) is 0. The van der Waals surface area contributed by atoms with Crippen molar-refractivity contribution in [2.75, 3.05) is 4.90 Å². The number of nitrogens with zero attached hydrogens (tertiary/aromatic N) is 2. The van der Waals surface area contributed by atoms with Crippen LogP contribution in [0.5, 0.6) is 0 Å². The monoisotopic (exact) mass is 794 g/mol. The summed E-state index contributed by atoms with van der Waals surface area (Å²) in [7, 11) is 0. The van der Waals surface area contributed by atoms with Crippen LogP contribution in [0.3, 0.4) is 0 Å². The molecule has 0 unspecified atom stereocenters. The number of fused-ring (bicyclic) bond motifs is 7. The van der Waals surface area contributed by atoms with Crippen LogP contribution in [-0.2, 0) is 0 Å². The molecule has 0 saturated heterocycles. The average Bonchev–Trinajstić information content (AvgIpc) is 3.87. The number of para-hydroxylation sites is 1. The van der Waals surface area contributed by atoms with Crippen molar-refractivity contribution in [3.8, 4) is 39.1 Å². The summed E-state index contributed by atoms with van der Waals surface area (Å²) in [6, 6.07) is 83.9. The molecule has 2 nitrogen and oxygen atoms in total. The van der Waals surface area contributed by atoms with Gasteiger partial charge in [0, 0.05) is 43.3 Å². The summed E-state index contributed by atoms with van der Waals surface area (Å²) in [5.74, 6) is 0. The number of hydrogen-bond donors (Lipinski definition) is 0. The molecule has 3 heteroatoms. The van der Waals surface area contributed by atoms with Gasteiger partial charge < -0.3 is 9.47 Å². The van der Waals surface area contributed by atoms with Gasteiger partial charge in [0.1, 0.15) is 0 Å². The van der Waals surface area contributed by atoms with Crippen LogP contribution in [0.15, 0.2) is 231 Å². The van der Waals surface area contributed by atoms with Crippen LogP contribution in [-0.4, -0.2) is 4.57 Å². The first-order chi connectivity index (χ1) is 30.3. The minimum Gasteiger partial charge on any atom is -0.311 e. The van der Waals surface area contributed by atoms with Gasteiger partial charge in [0.25, 0.3) is 0 Å². The molecule has 2 heterocycles. The van der Waals surface area contributed by atoms with Gasteiger partial charge in [-0.1, -0.05) is 182 Å². The van der Waals surface area contributed by atoms with Crippen LogP contribution in [0.2, 0.25) is 0 Å². The van der Waals surface area contributed by atoms with Crippen molar-refractivity contribution < 1.29 is 0 Å². The maximum absolute atomic E-state index is 2.55. The lowest BCUT2D eigenvalue weighted by Gasteiger charge is -2.26. The Morgan fingerprint density at radius 1 is 0.311 bits per heavy atom. The van der Waals surface area contributed by atoms with Crippen molar-refractivity contribution in [3.05, 3.63) is 231 Å². The fourth-order valence-electron chi connectivity index (χ4n) is 9.40. The number of hydrogen-bond acceptors (Lipinski definition) is 2. The van der Waals surface area contributed by atoms with E-state index >= 15 is 0 Å². The van der Waals surface area contributed by atoms with Crippen molar-refractivity contribution in [3.63, 3.8) is 0 Å². The highest BCUT2D eigenvalue weighted by Crippen LogP contribution is 2.48. The highest BCUT2D eigenvalue weighted by atomic mass is 32.1. The predicted molar refractivity (Wildman–Crippen MR) is 262 cm³/mol. The van der Waals surface area contributed by atoms with Gasteiger partial charge in [-0.25, -0.2) is 0 Å². The zero-order valence-electron chi connectivity index (χ0n) is 33.2. The molecule has 0 radical (unpaired) electrons. The van der Waals surface area contributed by atoms with E-state index in [9.17, 15) is 0 Å². The first-order valence-corrected chi connectivity index (χ1v) is 21.7. The normalized spacial score (nSPS) is 11.6. The van der Waals surface area contributed by atoms with E-state index in [1.54, 1.807) is 0 Å². The van der Waals surface area contributed by atoms with Gasteiger partial charge in [0.15, 0.2) is 0 Å². The molecule has 0 aliphatic carbocycles. The summed E-state index contributed by atoms with van der Waals surface area (Å²) in [4.78, 5) is 2.36. The summed E-state index contributed by atoms with van der Waals surface area (Å²) < 4.78 is 5.19. The minimum absolute atomic E-state index is 1.10. The highest BCUT2D eigenvalue weighted by Gasteiger charge is 2.23. The van der Waals surface area contributed by atoms with Gasteiger partial charge in [-0.15, -0.1) is 11.3 Å². The number of anilines is 3. The number of benzene rings is 10. The molecule has 0 N–H and O–H groups in total. The molecule has 0 saturated carbocycles. The third-order valence-corrected chi connectivity index (χ3v) is 13.4. The zero-order chi connectivity index (χ0) is 40.3. The van der Waals surface area contributed by atoms with Crippen molar-refractivity contribution in [2.24, 2.45) is 0 Å². The molecule has 12 aromatic rings. The molecule has 286 valence electrons. The van der Waals surface area contributed by atoms with Gasteiger partial charge in [-0.05, 0) is 92.7 Å². The van der Waals surface area contributed by atoms with Gasteiger partial charge in [-0.2, -0.15) is 0 Å². The van der Waals surface area contributed by atoms with E-state index in [1.165, 1.54) is 91.8 Å². The van der Waals surface area contributed by atoms with E-state index in [1.807, 2.05) is 11.3 Å². The SMILES string of the molecule is c1ccc(-c2ccc(N(c3ccc(-c4ccccc4)cc3)c3ccc(-c4c5ccccc5c(-n5c6ccccc6c6sc7ccccc7c65)c5ccccc45)cc3)cc2)cc1. The lowest BCUT2D eigenvalue weighted by molar-refractivity contribution is 1.22. The van der Waals surface area contributed by atoms with Gasteiger partial charge in [-0.3, -0.25) is 0 Å². The molecule has 12 rings (SSSR count). The largest absolute Gasteiger partial charge is 0.311 e. The first-order valence-electron chi connectivity index (χ1n) is 20.8. The Balaban J connectivity index is 1.03. The Bertz CT molecular complexity index is 3400. The smallest absolute Gasteiger partial charge is 0.0728 e. The second-order valence-electron chi connectivity index (χ2n) is 15.7. The Morgan fingerprint density at radius 3 is 1.23 bits per heavy atom. The summed E-state index contributed by atoms with van der Waals surface area (Å²) in [5, 5.41) is 7.52. The lowest BCUT2D eigenvalue weighted by atomic mass is 9.90. The first kappa shape index (κ1) is 35.2. The van der Waals surface area contributed by atoms with E-state index < -0.39 is 0 Å². The molecule has 0 fully saturated rings. The quantitative estimate of drug-likeness (QED) is 0.146. The summed E-state index contributed by atoms with van der Waals surface area (Å²) in [5.41, 5.74) is 14.3. The summed E-state index contributed by atoms with van der Waals surface area (Å²) in [6.45, 7) is 0. The Kier molecular flexibility index (Phi) is 8.39. The van der Waals surface area contributed by atoms with Crippen molar-refractivity contribution in [1.82, 2.24) is 4.57 Å². The number of aromatic nitrogens is 1. The molecule has 0 aliphatic heterocycles. The molecule has 61 heavy (non-hydrogen) atoms. The van der Waals surface area contributed by atoms with Gasteiger partial charge in [0.2, 0.25) is 0 Å². The van der Waals surface area contributed by atoms with Crippen LogP contribution in [0.1, 0.15) is 0 Å². The minimum atomic E-state index is 1.10. The summed E-state index contributed by atoms with van der Waals surface area (Å²) >= 11 is 1.89. The van der Waals surface area contributed by atoms with Crippen molar-refractivity contribution in [2.45, 2.75) is 0 Å². The van der Waals surface area contributed by atoms with Crippen LogP contribution in [0, 0.1) is 0 Å². The highest BCUT2D eigenvalue weighted by molar-refractivity contribution is 7.26. The third-order valence-electron chi connectivity index (χ3n) is 12.2. The molecule has 0 amide bonds. The van der Waals surface area contributed by atoms with E-state index in [2.05, 4.69) is 240 Å². The standard InChI is InChI=1S/C58H38N2S/c1-3-15-39(16-4-1)41-27-33-44(34-28-41)59(45-35-29-42(30-36-45)40-17-5-2-6-18-40)46-37-31-43(32-38-46)55-47-19-7-9-21-49(47)56(50-22-10-8-20-48(50)55)60-53-25-13-11-23-51(53)58-57(60)52-24-12-14-26-54(52)61-58/h1-38H. The zero-order valence-corrected chi connectivity index (χ0v) is 34.1. The van der Waals surface area contributed by atoms with Crippen LogP contribution in [0.4, 0.5) is 17.1 Å². The van der Waals surface area contributed by atoms with Gasteiger partial charge >= 0.3 is 0 Å². The Hall–Kier alpha value is -7.72. The molecule has 0 spiro atoms. The van der Waals surface area contributed by atoms with E-state index in [0.717, 1.165) is 17.1 Å². The molecule has 0 bridgehead atoms. The van der Waals surface area contributed by atoms with Gasteiger partial charge in [0.05, 0.1) is 21.4 Å². The second kappa shape index (κ2) is 14.5. The fourth-order valence-corrected chi connectivity index (χ4v) is 10.6. The second-order valence-corrected chi connectivity index (χ2v) is 16.7. The average molecular weight is 795 g/mol. The number of thiophene rings is 1. The predicted octanol–water partition coefficient (Wildman–Crippen LogP) is 16.8.